The number of hydrazine groups is 1. The molecule has 134 valence electrons. The molecule has 0 bridgehead atoms. The van der Waals surface area contributed by atoms with Gasteiger partial charge < -0.3 is 10.1 Å². The van der Waals surface area contributed by atoms with Crippen molar-refractivity contribution < 1.29 is 9.53 Å². The molecule has 0 saturated carbocycles. The number of nitrogens with one attached hydrogen (secondary N) is 3. The zero-order valence-electron chi connectivity index (χ0n) is 14.5. The van der Waals surface area contributed by atoms with Crippen molar-refractivity contribution in [2.45, 2.75) is 31.3 Å². The van der Waals surface area contributed by atoms with Crippen LogP contribution in [0.15, 0.2) is 24.3 Å². The van der Waals surface area contributed by atoms with E-state index in [2.05, 4.69) is 37.2 Å². The highest BCUT2D eigenvalue weighted by Crippen LogP contribution is 2.22. The van der Waals surface area contributed by atoms with Crippen molar-refractivity contribution in [1.29, 1.82) is 0 Å². The van der Waals surface area contributed by atoms with Crippen LogP contribution in [0.3, 0.4) is 0 Å². The van der Waals surface area contributed by atoms with E-state index in [-0.39, 0.29) is 16.8 Å². The maximum absolute atomic E-state index is 12.5. The second-order valence-electron chi connectivity index (χ2n) is 6.06. The molecule has 0 radical (unpaired) electrons. The average Bonchev–Trinajstić information content (AvgIpc) is 3.14. The fraction of sp³-hybridized carbons (Fsp3) is 0.412. The number of rotatable bonds is 5. The second kappa shape index (κ2) is 7.55. The number of ether oxygens (including phenoxy) is 1. The number of amides is 1. The van der Waals surface area contributed by atoms with E-state index in [9.17, 15) is 4.79 Å². The second-order valence-corrected chi connectivity index (χ2v) is 7.24. The number of halogens is 1. The summed E-state index contributed by atoms with van der Waals surface area (Å²) in [7, 11) is 1.65. The lowest BCUT2D eigenvalue weighted by molar-refractivity contribution is -0.117. The smallest absolute Gasteiger partial charge is 0.244 e. The van der Waals surface area contributed by atoms with E-state index in [0.29, 0.717) is 13.1 Å². The number of hydrogen-bond acceptors (Lipinski definition) is 5. The minimum Gasteiger partial charge on any atom is -0.497 e. The van der Waals surface area contributed by atoms with E-state index < -0.39 is 0 Å². The summed E-state index contributed by atoms with van der Waals surface area (Å²) in [5, 5.41) is 7.57. The summed E-state index contributed by atoms with van der Waals surface area (Å²) >= 11 is 3.50. The fourth-order valence-electron chi connectivity index (χ4n) is 2.88. The van der Waals surface area contributed by atoms with Crippen LogP contribution in [0.25, 0.3) is 0 Å². The SMILES string of the molecule is COc1cccc(Cn2nc(C)c(NC(=O)C3NNCC3Br)c2C)c1. The number of nitrogens with zero attached hydrogens (tertiary/aromatic N) is 2. The first-order valence-corrected chi connectivity index (χ1v) is 9.01. The van der Waals surface area contributed by atoms with Gasteiger partial charge in [0.25, 0.3) is 0 Å². The van der Waals surface area contributed by atoms with E-state index in [4.69, 9.17) is 4.74 Å². The van der Waals surface area contributed by atoms with Gasteiger partial charge in [-0.1, -0.05) is 28.1 Å². The number of alkyl halides is 1. The molecule has 1 aromatic heterocycles. The van der Waals surface area contributed by atoms with Gasteiger partial charge in [0.1, 0.15) is 11.8 Å². The summed E-state index contributed by atoms with van der Waals surface area (Å²) in [5.74, 6) is 0.731. The molecule has 2 heterocycles. The molecule has 2 aromatic rings. The van der Waals surface area contributed by atoms with Crippen molar-refractivity contribution in [3.63, 3.8) is 0 Å². The maximum Gasteiger partial charge on any atom is 0.244 e. The third kappa shape index (κ3) is 3.86. The van der Waals surface area contributed by atoms with Crippen molar-refractivity contribution in [3.8, 4) is 5.75 Å². The van der Waals surface area contributed by atoms with Crippen molar-refractivity contribution in [1.82, 2.24) is 20.6 Å². The predicted octanol–water partition coefficient (Wildman–Crippen LogP) is 1.74. The van der Waals surface area contributed by atoms with Gasteiger partial charge in [-0.3, -0.25) is 14.9 Å². The lowest BCUT2D eigenvalue weighted by Crippen LogP contribution is -2.42. The van der Waals surface area contributed by atoms with Crippen LogP contribution < -0.4 is 20.9 Å². The Kier molecular flexibility index (Phi) is 5.41. The van der Waals surface area contributed by atoms with Crippen molar-refractivity contribution in [3.05, 3.63) is 41.2 Å². The summed E-state index contributed by atoms with van der Waals surface area (Å²) in [6.45, 7) is 5.17. The number of aromatic nitrogens is 2. The van der Waals surface area contributed by atoms with Crippen LogP contribution in [0, 0.1) is 13.8 Å². The largest absolute Gasteiger partial charge is 0.497 e. The molecule has 3 rings (SSSR count). The molecule has 25 heavy (non-hydrogen) atoms. The first-order valence-electron chi connectivity index (χ1n) is 8.10. The van der Waals surface area contributed by atoms with Gasteiger partial charge in [0.15, 0.2) is 0 Å². The Morgan fingerprint density at radius 2 is 2.28 bits per heavy atom. The van der Waals surface area contributed by atoms with Gasteiger partial charge in [-0.2, -0.15) is 5.10 Å². The van der Waals surface area contributed by atoms with Gasteiger partial charge in [-0.15, -0.1) is 0 Å². The third-order valence-corrected chi connectivity index (χ3v) is 5.15. The van der Waals surface area contributed by atoms with E-state index in [1.165, 1.54) is 0 Å². The van der Waals surface area contributed by atoms with Gasteiger partial charge in [-0.05, 0) is 31.5 Å². The van der Waals surface area contributed by atoms with Crippen molar-refractivity contribution >= 4 is 27.5 Å². The van der Waals surface area contributed by atoms with Crippen molar-refractivity contribution in [2.24, 2.45) is 0 Å². The van der Waals surface area contributed by atoms with E-state index >= 15 is 0 Å². The van der Waals surface area contributed by atoms with E-state index in [0.717, 1.165) is 28.4 Å². The molecular weight excluding hydrogens is 386 g/mol. The summed E-state index contributed by atoms with van der Waals surface area (Å²) in [6.07, 6.45) is 0. The van der Waals surface area contributed by atoms with Crippen LogP contribution in [-0.4, -0.2) is 40.2 Å². The van der Waals surface area contributed by atoms with Crippen LogP contribution >= 0.6 is 15.9 Å². The Morgan fingerprint density at radius 3 is 2.96 bits per heavy atom. The zero-order chi connectivity index (χ0) is 18.0. The number of benzene rings is 1. The topological polar surface area (TPSA) is 80.2 Å². The zero-order valence-corrected chi connectivity index (χ0v) is 16.1. The van der Waals surface area contributed by atoms with Crippen LogP contribution in [0.4, 0.5) is 5.69 Å². The third-order valence-electron chi connectivity index (χ3n) is 4.29. The number of aryl methyl sites for hydroxylation is 1. The molecule has 1 amide bonds. The fourth-order valence-corrected chi connectivity index (χ4v) is 3.42. The minimum atomic E-state index is -0.319. The lowest BCUT2D eigenvalue weighted by Gasteiger charge is -2.14. The molecular formula is C17H22BrN5O2. The quantitative estimate of drug-likeness (QED) is 0.657. The van der Waals surface area contributed by atoms with Crippen LogP contribution in [0.2, 0.25) is 0 Å². The monoisotopic (exact) mass is 407 g/mol. The first-order chi connectivity index (χ1) is 12.0. The average molecular weight is 408 g/mol. The van der Waals surface area contributed by atoms with E-state index in [1.807, 2.05) is 42.8 Å². The summed E-state index contributed by atoms with van der Waals surface area (Å²) in [5.41, 5.74) is 9.52. The van der Waals surface area contributed by atoms with Crippen LogP contribution in [0.5, 0.6) is 5.75 Å². The predicted molar refractivity (Wildman–Crippen MR) is 100 cm³/mol. The lowest BCUT2D eigenvalue weighted by atomic mass is 10.2. The Labute approximate surface area is 155 Å². The van der Waals surface area contributed by atoms with Crippen LogP contribution in [0.1, 0.15) is 17.0 Å². The van der Waals surface area contributed by atoms with Gasteiger partial charge >= 0.3 is 0 Å². The standard InChI is InChI=1S/C17H22BrN5O2/c1-10-15(20-17(24)16-14(18)8-19-21-16)11(2)23(22-10)9-12-5-4-6-13(7-12)25-3/h4-7,14,16,19,21H,8-9H2,1-3H3,(H,20,24). The summed E-state index contributed by atoms with van der Waals surface area (Å²) < 4.78 is 7.16. The number of anilines is 1. The molecule has 1 aliphatic heterocycles. The van der Waals surface area contributed by atoms with E-state index in [1.54, 1.807) is 7.11 Å². The van der Waals surface area contributed by atoms with Gasteiger partial charge in [0, 0.05) is 6.54 Å². The molecule has 7 nitrogen and oxygen atoms in total. The normalized spacial score (nSPS) is 19.8. The Bertz CT molecular complexity index is 776. The molecule has 8 heteroatoms. The summed E-state index contributed by atoms with van der Waals surface area (Å²) in [6, 6.07) is 7.56. The molecule has 2 unspecified atom stereocenters. The van der Waals surface area contributed by atoms with Gasteiger partial charge in [0.2, 0.25) is 5.91 Å². The highest BCUT2D eigenvalue weighted by Gasteiger charge is 2.31. The number of carbonyl (C=O) groups excluding carboxylic acids is 1. The number of hydrogen-bond donors (Lipinski definition) is 3. The van der Waals surface area contributed by atoms with Crippen LogP contribution in [-0.2, 0) is 11.3 Å². The molecule has 1 fully saturated rings. The highest BCUT2D eigenvalue weighted by atomic mass is 79.9. The highest BCUT2D eigenvalue weighted by molar-refractivity contribution is 9.09. The Hall–Kier alpha value is -1.90. The Balaban J connectivity index is 1.77. The van der Waals surface area contributed by atoms with Crippen molar-refractivity contribution in [2.75, 3.05) is 19.0 Å². The van der Waals surface area contributed by atoms with Gasteiger partial charge in [-0.25, -0.2) is 5.43 Å². The molecule has 3 N–H and O–H groups in total. The maximum atomic E-state index is 12.5. The molecule has 1 aliphatic rings. The summed E-state index contributed by atoms with van der Waals surface area (Å²) in [4.78, 5) is 12.5. The molecule has 2 atom stereocenters. The molecule has 0 spiro atoms. The minimum absolute atomic E-state index is 0.0555. The molecule has 1 saturated heterocycles. The Morgan fingerprint density at radius 1 is 1.48 bits per heavy atom. The molecule has 0 aliphatic carbocycles. The number of methoxy groups -OCH3 is 1. The van der Waals surface area contributed by atoms with Gasteiger partial charge in [0.05, 0.1) is 35.6 Å². The number of carbonyl (C=O) groups is 1. The molecule has 1 aromatic carbocycles. The first kappa shape index (κ1) is 17.9.